The third-order valence-electron chi connectivity index (χ3n) is 2.02. The topological polar surface area (TPSA) is 130 Å². The molecule has 0 fully saturated rings. The first-order valence-corrected chi connectivity index (χ1v) is 5.00. The molecule has 17 heavy (non-hydrogen) atoms. The fourth-order valence-corrected chi connectivity index (χ4v) is 1.08. The number of amides is 1. The van der Waals surface area contributed by atoms with Crippen LogP contribution in [0.1, 0.15) is 19.3 Å². The van der Waals surface area contributed by atoms with Crippen molar-refractivity contribution >= 4 is 17.8 Å². The molecule has 0 bridgehead atoms. The standard InChI is InChI=1S/C10H16N2O5/c1-2-3-7(10(16)17)12-9(15)6(11)4-5-8(13)14/h2,6-7H,1,3-5,11H2,(H,12,15)(H,13,14)(H,16,17). The Kier molecular flexibility index (Phi) is 6.57. The third-order valence-corrected chi connectivity index (χ3v) is 2.02. The van der Waals surface area contributed by atoms with Gasteiger partial charge in [-0.05, 0) is 12.8 Å². The van der Waals surface area contributed by atoms with Crippen LogP contribution in [0.15, 0.2) is 12.7 Å². The molecule has 0 spiro atoms. The molecule has 0 aromatic carbocycles. The second-order valence-corrected chi connectivity index (χ2v) is 3.46. The van der Waals surface area contributed by atoms with Gasteiger partial charge in [0.15, 0.2) is 0 Å². The van der Waals surface area contributed by atoms with Crippen LogP contribution in [0.4, 0.5) is 0 Å². The Bertz CT molecular complexity index is 316. The van der Waals surface area contributed by atoms with Crippen LogP contribution in [0, 0.1) is 0 Å². The molecule has 96 valence electrons. The van der Waals surface area contributed by atoms with Crippen molar-refractivity contribution < 1.29 is 24.6 Å². The molecular formula is C10H16N2O5. The SMILES string of the molecule is C=CCC(NC(=O)C(N)CCC(=O)O)C(=O)O. The van der Waals surface area contributed by atoms with E-state index < -0.39 is 29.9 Å². The molecule has 2 atom stereocenters. The molecule has 0 heterocycles. The monoisotopic (exact) mass is 244 g/mol. The molecule has 0 aromatic heterocycles. The summed E-state index contributed by atoms with van der Waals surface area (Å²) in [5.74, 6) is -2.93. The minimum absolute atomic E-state index is 0.0401. The Balaban J connectivity index is 4.24. The molecule has 0 saturated carbocycles. The van der Waals surface area contributed by atoms with Crippen LogP contribution in [0.3, 0.4) is 0 Å². The highest BCUT2D eigenvalue weighted by Crippen LogP contribution is 1.98. The summed E-state index contributed by atoms with van der Waals surface area (Å²) in [6, 6.07) is -2.12. The van der Waals surface area contributed by atoms with Gasteiger partial charge in [-0.15, -0.1) is 6.58 Å². The molecular weight excluding hydrogens is 228 g/mol. The second kappa shape index (κ2) is 7.39. The zero-order chi connectivity index (χ0) is 13.4. The second-order valence-electron chi connectivity index (χ2n) is 3.46. The molecule has 0 aliphatic carbocycles. The van der Waals surface area contributed by atoms with E-state index in [0.717, 1.165) is 0 Å². The molecule has 0 saturated heterocycles. The van der Waals surface area contributed by atoms with Crippen molar-refractivity contribution in [2.75, 3.05) is 0 Å². The van der Waals surface area contributed by atoms with Crippen molar-refractivity contribution in [2.45, 2.75) is 31.3 Å². The first-order valence-electron chi connectivity index (χ1n) is 5.00. The van der Waals surface area contributed by atoms with E-state index in [1.807, 2.05) is 0 Å². The molecule has 0 aliphatic heterocycles. The lowest BCUT2D eigenvalue weighted by Crippen LogP contribution is -2.48. The van der Waals surface area contributed by atoms with E-state index in [1.165, 1.54) is 6.08 Å². The summed E-state index contributed by atoms with van der Waals surface area (Å²) < 4.78 is 0. The summed E-state index contributed by atoms with van der Waals surface area (Å²) in [4.78, 5) is 32.4. The van der Waals surface area contributed by atoms with Gasteiger partial charge in [-0.25, -0.2) is 4.79 Å². The zero-order valence-corrected chi connectivity index (χ0v) is 9.26. The maximum Gasteiger partial charge on any atom is 0.326 e. The molecule has 0 aliphatic rings. The van der Waals surface area contributed by atoms with E-state index in [-0.39, 0.29) is 19.3 Å². The quantitative estimate of drug-likeness (QED) is 0.419. The summed E-state index contributed by atoms with van der Waals surface area (Å²) in [5.41, 5.74) is 5.42. The highest BCUT2D eigenvalue weighted by Gasteiger charge is 2.22. The maximum atomic E-state index is 11.4. The van der Waals surface area contributed by atoms with Gasteiger partial charge in [0.05, 0.1) is 6.04 Å². The van der Waals surface area contributed by atoms with Gasteiger partial charge < -0.3 is 21.3 Å². The summed E-state index contributed by atoms with van der Waals surface area (Å²) in [5, 5.41) is 19.4. The van der Waals surface area contributed by atoms with Crippen molar-refractivity contribution in [3.8, 4) is 0 Å². The van der Waals surface area contributed by atoms with Crippen molar-refractivity contribution in [1.29, 1.82) is 0 Å². The van der Waals surface area contributed by atoms with Crippen LogP contribution in [-0.2, 0) is 14.4 Å². The van der Waals surface area contributed by atoms with Crippen LogP contribution < -0.4 is 11.1 Å². The molecule has 1 amide bonds. The van der Waals surface area contributed by atoms with Gasteiger partial charge in [0.2, 0.25) is 5.91 Å². The maximum absolute atomic E-state index is 11.4. The van der Waals surface area contributed by atoms with Gasteiger partial charge >= 0.3 is 11.9 Å². The van der Waals surface area contributed by atoms with E-state index in [2.05, 4.69) is 11.9 Å². The summed E-state index contributed by atoms with van der Waals surface area (Å²) in [6.07, 6.45) is 1.16. The average molecular weight is 244 g/mol. The minimum Gasteiger partial charge on any atom is -0.481 e. The summed E-state index contributed by atoms with van der Waals surface area (Å²) in [6.45, 7) is 3.37. The smallest absolute Gasteiger partial charge is 0.326 e. The number of nitrogens with one attached hydrogen (secondary N) is 1. The van der Waals surface area contributed by atoms with Crippen LogP contribution in [-0.4, -0.2) is 40.1 Å². The fraction of sp³-hybridized carbons (Fsp3) is 0.500. The summed E-state index contributed by atoms with van der Waals surface area (Å²) >= 11 is 0. The van der Waals surface area contributed by atoms with Crippen molar-refractivity contribution in [3.05, 3.63) is 12.7 Å². The van der Waals surface area contributed by atoms with Gasteiger partial charge in [0, 0.05) is 6.42 Å². The molecule has 0 aromatic rings. The number of hydrogen-bond donors (Lipinski definition) is 4. The van der Waals surface area contributed by atoms with Gasteiger partial charge in [-0.1, -0.05) is 6.08 Å². The largest absolute Gasteiger partial charge is 0.481 e. The number of carbonyl (C=O) groups is 3. The Morgan fingerprint density at radius 1 is 1.35 bits per heavy atom. The Morgan fingerprint density at radius 2 is 1.94 bits per heavy atom. The lowest BCUT2D eigenvalue weighted by atomic mass is 10.1. The van der Waals surface area contributed by atoms with E-state index in [1.54, 1.807) is 0 Å². The van der Waals surface area contributed by atoms with E-state index in [9.17, 15) is 14.4 Å². The first-order chi connectivity index (χ1) is 7.88. The Labute approximate surface area is 98.3 Å². The zero-order valence-electron chi connectivity index (χ0n) is 9.26. The highest BCUT2D eigenvalue weighted by atomic mass is 16.4. The van der Waals surface area contributed by atoms with Gasteiger partial charge in [-0.3, -0.25) is 9.59 Å². The first kappa shape index (κ1) is 15.1. The van der Waals surface area contributed by atoms with E-state index >= 15 is 0 Å². The molecule has 0 rings (SSSR count). The van der Waals surface area contributed by atoms with Gasteiger partial charge in [0.25, 0.3) is 0 Å². The molecule has 7 heteroatoms. The number of carboxylic acid groups (broad SMARTS) is 2. The highest BCUT2D eigenvalue weighted by molar-refractivity contribution is 5.87. The summed E-state index contributed by atoms with van der Waals surface area (Å²) in [7, 11) is 0. The lowest BCUT2D eigenvalue weighted by Gasteiger charge is -2.16. The Morgan fingerprint density at radius 3 is 2.35 bits per heavy atom. The van der Waals surface area contributed by atoms with Gasteiger partial charge in [-0.2, -0.15) is 0 Å². The van der Waals surface area contributed by atoms with Crippen LogP contribution in [0.25, 0.3) is 0 Å². The number of carboxylic acids is 2. The molecule has 0 radical (unpaired) electrons. The predicted octanol–water partition coefficient (Wildman–Crippen LogP) is -0.676. The lowest BCUT2D eigenvalue weighted by molar-refractivity contribution is -0.142. The number of nitrogens with two attached hydrogens (primary N) is 1. The van der Waals surface area contributed by atoms with E-state index in [0.29, 0.717) is 0 Å². The van der Waals surface area contributed by atoms with Crippen molar-refractivity contribution in [1.82, 2.24) is 5.32 Å². The number of hydrogen-bond acceptors (Lipinski definition) is 4. The molecule has 7 nitrogen and oxygen atoms in total. The molecule has 2 unspecified atom stereocenters. The van der Waals surface area contributed by atoms with Crippen LogP contribution >= 0.6 is 0 Å². The van der Waals surface area contributed by atoms with Crippen molar-refractivity contribution in [2.24, 2.45) is 5.73 Å². The Hall–Kier alpha value is -1.89. The fourth-order valence-electron chi connectivity index (χ4n) is 1.08. The predicted molar refractivity (Wildman–Crippen MR) is 59.2 cm³/mol. The number of rotatable bonds is 8. The van der Waals surface area contributed by atoms with Gasteiger partial charge in [0.1, 0.15) is 6.04 Å². The molecule has 5 N–H and O–H groups in total. The normalized spacial score (nSPS) is 13.5. The number of aliphatic carboxylic acids is 2. The number of carbonyl (C=O) groups excluding carboxylic acids is 1. The average Bonchev–Trinajstić information content (AvgIpc) is 2.24. The third kappa shape index (κ3) is 6.31. The van der Waals surface area contributed by atoms with Crippen molar-refractivity contribution in [3.63, 3.8) is 0 Å². The van der Waals surface area contributed by atoms with Crippen LogP contribution in [0.2, 0.25) is 0 Å². The van der Waals surface area contributed by atoms with Crippen LogP contribution in [0.5, 0.6) is 0 Å². The minimum atomic E-state index is -1.19. The van der Waals surface area contributed by atoms with E-state index in [4.69, 9.17) is 15.9 Å².